The molecule has 0 fully saturated rings. The van der Waals surface area contributed by atoms with Crippen LogP contribution in [-0.4, -0.2) is 15.5 Å². The summed E-state index contributed by atoms with van der Waals surface area (Å²) in [5.74, 6) is -0.420. The quantitative estimate of drug-likeness (QED) is 0.947. The van der Waals surface area contributed by atoms with Crippen LogP contribution in [0.2, 0.25) is 0 Å². The van der Waals surface area contributed by atoms with Crippen molar-refractivity contribution in [2.75, 3.05) is 0 Å². The Bertz CT molecular complexity index is 590. The van der Waals surface area contributed by atoms with Crippen molar-refractivity contribution >= 4 is 21.8 Å². The Labute approximate surface area is 114 Å². The third kappa shape index (κ3) is 1.95. The van der Waals surface area contributed by atoms with Crippen LogP contribution in [0.15, 0.2) is 29.0 Å². The molecule has 2 aromatic heterocycles. The van der Waals surface area contributed by atoms with Gasteiger partial charge >= 0.3 is 0 Å². The minimum Gasteiger partial charge on any atom is -0.366 e. The van der Waals surface area contributed by atoms with Gasteiger partial charge in [-0.2, -0.15) is 0 Å². The second kappa shape index (κ2) is 4.94. The summed E-state index contributed by atoms with van der Waals surface area (Å²) in [5.41, 5.74) is 8.74. The number of nitrogens with two attached hydrogens (primary N) is 1. The molecule has 0 aromatic carbocycles. The largest absolute Gasteiger partial charge is 0.366 e. The van der Waals surface area contributed by atoms with Crippen molar-refractivity contribution in [3.63, 3.8) is 0 Å². The Balaban J connectivity index is 2.75. The molecular weight excluding hydrogens is 294 g/mol. The fourth-order valence-corrected chi connectivity index (χ4v) is 3.09. The molecular formula is C13H14BrN3O. The summed E-state index contributed by atoms with van der Waals surface area (Å²) in [6, 6.07) is 3.83. The summed E-state index contributed by atoms with van der Waals surface area (Å²) < 4.78 is 2.80. The van der Waals surface area contributed by atoms with Gasteiger partial charge in [-0.1, -0.05) is 0 Å². The molecule has 2 rings (SSSR count). The van der Waals surface area contributed by atoms with E-state index in [4.69, 9.17) is 5.73 Å². The molecule has 2 N–H and O–H groups in total. The maximum Gasteiger partial charge on any atom is 0.251 e. The van der Waals surface area contributed by atoms with E-state index >= 15 is 0 Å². The Morgan fingerprint density at radius 2 is 2.28 bits per heavy atom. The van der Waals surface area contributed by atoms with E-state index in [-0.39, 0.29) is 0 Å². The van der Waals surface area contributed by atoms with Crippen molar-refractivity contribution in [3.05, 3.63) is 40.3 Å². The summed E-state index contributed by atoms with van der Waals surface area (Å²) in [6.45, 7) is 4.69. The molecule has 94 valence electrons. The highest BCUT2D eigenvalue weighted by molar-refractivity contribution is 9.10. The molecule has 0 bridgehead atoms. The van der Waals surface area contributed by atoms with Crippen molar-refractivity contribution in [1.82, 2.24) is 9.55 Å². The first-order valence-corrected chi connectivity index (χ1v) is 6.46. The first-order chi connectivity index (χ1) is 8.57. The first-order valence-electron chi connectivity index (χ1n) is 5.66. The molecule has 2 aromatic rings. The zero-order valence-electron chi connectivity index (χ0n) is 10.3. The molecule has 0 saturated heterocycles. The number of carbonyl (C=O) groups excluding carboxylic acids is 1. The van der Waals surface area contributed by atoms with Crippen molar-refractivity contribution in [2.24, 2.45) is 5.73 Å². The second-order valence-corrected chi connectivity index (χ2v) is 4.77. The maximum atomic E-state index is 11.5. The van der Waals surface area contributed by atoms with Crippen LogP contribution in [0.25, 0.3) is 11.3 Å². The van der Waals surface area contributed by atoms with Crippen LogP contribution in [0.3, 0.4) is 0 Å². The van der Waals surface area contributed by atoms with Crippen LogP contribution >= 0.6 is 15.9 Å². The van der Waals surface area contributed by atoms with Crippen LogP contribution in [0.4, 0.5) is 0 Å². The number of hydrogen-bond donors (Lipinski definition) is 1. The van der Waals surface area contributed by atoms with Crippen LogP contribution in [-0.2, 0) is 6.54 Å². The van der Waals surface area contributed by atoms with E-state index in [1.165, 1.54) is 0 Å². The van der Waals surface area contributed by atoms with Gasteiger partial charge in [-0.3, -0.25) is 9.78 Å². The number of carbonyl (C=O) groups is 1. The third-order valence-electron chi connectivity index (χ3n) is 2.96. The maximum absolute atomic E-state index is 11.5. The molecule has 1 amide bonds. The van der Waals surface area contributed by atoms with Gasteiger partial charge in [-0.15, -0.1) is 0 Å². The summed E-state index contributed by atoms with van der Waals surface area (Å²) in [5, 5.41) is 0. The zero-order valence-corrected chi connectivity index (χ0v) is 11.9. The average Bonchev–Trinajstić information content (AvgIpc) is 2.61. The van der Waals surface area contributed by atoms with E-state index in [9.17, 15) is 4.79 Å². The average molecular weight is 308 g/mol. The molecule has 5 heteroatoms. The first kappa shape index (κ1) is 12.8. The van der Waals surface area contributed by atoms with Crippen LogP contribution in [0.5, 0.6) is 0 Å². The fraction of sp³-hybridized carbons (Fsp3) is 0.231. The summed E-state index contributed by atoms with van der Waals surface area (Å²) in [7, 11) is 0. The lowest BCUT2D eigenvalue weighted by Crippen LogP contribution is -2.12. The standard InChI is InChI=1S/C13H14BrN3O/c1-3-17-8(2)10(13(15)18)11(14)12(17)9-5-4-6-16-7-9/h4-7H,3H2,1-2H3,(H2,15,18). The van der Waals surface area contributed by atoms with Crippen molar-refractivity contribution in [3.8, 4) is 11.3 Å². The van der Waals surface area contributed by atoms with Gasteiger partial charge in [-0.25, -0.2) is 0 Å². The van der Waals surface area contributed by atoms with Crippen molar-refractivity contribution < 1.29 is 4.79 Å². The number of amides is 1. The molecule has 18 heavy (non-hydrogen) atoms. The highest BCUT2D eigenvalue weighted by Gasteiger charge is 2.22. The molecule has 0 aliphatic heterocycles. The van der Waals surface area contributed by atoms with E-state index in [0.717, 1.165) is 28.0 Å². The summed E-state index contributed by atoms with van der Waals surface area (Å²) in [4.78, 5) is 15.6. The molecule has 2 heterocycles. The van der Waals surface area contributed by atoms with E-state index in [1.807, 2.05) is 26.0 Å². The van der Waals surface area contributed by atoms with Crippen LogP contribution < -0.4 is 5.73 Å². The molecule has 0 unspecified atom stereocenters. The molecule has 0 aliphatic rings. The Kier molecular flexibility index (Phi) is 3.52. The number of aromatic nitrogens is 2. The molecule has 4 nitrogen and oxygen atoms in total. The Morgan fingerprint density at radius 3 is 2.78 bits per heavy atom. The van der Waals surface area contributed by atoms with Crippen LogP contribution in [0.1, 0.15) is 23.0 Å². The van der Waals surface area contributed by atoms with Gasteiger partial charge in [0.25, 0.3) is 5.91 Å². The predicted molar refractivity (Wildman–Crippen MR) is 74.3 cm³/mol. The normalized spacial score (nSPS) is 10.6. The monoisotopic (exact) mass is 307 g/mol. The number of nitrogens with zero attached hydrogens (tertiary/aromatic N) is 2. The Hall–Kier alpha value is -1.62. The highest BCUT2D eigenvalue weighted by atomic mass is 79.9. The number of primary amides is 1. The van der Waals surface area contributed by atoms with Gasteiger partial charge in [0.2, 0.25) is 0 Å². The van der Waals surface area contributed by atoms with E-state index in [0.29, 0.717) is 5.56 Å². The minimum atomic E-state index is -0.420. The third-order valence-corrected chi connectivity index (χ3v) is 3.73. The number of rotatable bonds is 3. The Morgan fingerprint density at radius 1 is 1.56 bits per heavy atom. The molecule has 0 spiro atoms. The van der Waals surface area contributed by atoms with Gasteiger partial charge in [0, 0.05) is 30.2 Å². The summed E-state index contributed by atoms with van der Waals surface area (Å²) >= 11 is 3.48. The smallest absolute Gasteiger partial charge is 0.251 e. The van der Waals surface area contributed by atoms with Crippen molar-refractivity contribution in [2.45, 2.75) is 20.4 Å². The summed E-state index contributed by atoms with van der Waals surface area (Å²) in [6.07, 6.45) is 3.49. The lowest BCUT2D eigenvalue weighted by atomic mass is 10.2. The second-order valence-electron chi connectivity index (χ2n) is 3.97. The molecule has 0 saturated carbocycles. The number of pyridine rings is 1. The molecule has 0 radical (unpaired) electrons. The topological polar surface area (TPSA) is 60.9 Å². The van der Waals surface area contributed by atoms with Crippen LogP contribution in [0, 0.1) is 6.92 Å². The van der Waals surface area contributed by atoms with E-state index in [2.05, 4.69) is 25.5 Å². The van der Waals surface area contributed by atoms with E-state index < -0.39 is 5.91 Å². The SMILES string of the molecule is CCn1c(C)c(C(N)=O)c(Br)c1-c1cccnc1. The van der Waals surface area contributed by atoms with Gasteiger partial charge in [-0.05, 0) is 41.9 Å². The van der Waals surface area contributed by atoms with E-state index in [1.54, 1.807) is 12.4 Å². The zero-order chi connectivity index (χ0) is 13.3. The van der Waals surface area contributed by atoms with Gasteiger partial charge < -0.3 is 10.3 Å². The number of hydrogen-bond acceptors (Lipinski definition) is 2. The fourth-order valence-electron chi connectivity index (χ4n) is 2.17. The molecule has 0 atom stereocenters. The minimum absolute atomic E-state index is 0.420. The number of halogens is 1. The highest BCUT2D eigenvalue weighted by Crippen LogP contribution is 2.35. The van der Waals surface area contributed by atoms with Crippen molar-refractivity contribution in [1.29, 1.82) is 0 Å². The predicted octanol–water partition coefficient (Wildman–Crippen LogP) is 2.74. The van der Waals surface area contributed by atoms with Gasteiger partial charge in [0.1, 0.15) is 0 Å². The lowest BCUT2D eigenvalue weighted by Gasteiger charge is -2.08. The lowest BCUT2D eigenvalue weighted by molar-refractivity contribution is 0.0999. The molecule has 0 aliphatic carbocycles. The van der Waals surface area contributed by atoms with Gasteiger partial charge in [0.05, 0.1) is 15.7 Å². The van der Waals surface area contributed by atoms with Gasteiger partial charge in [0.15, 0.2) is 0 Å².